The Bertz CT molecular complexity index is 387. The minimum absolute atomic E-state index is 0.155. The molecule has 2 unspecified atom stereocenters. The van der Waals surface area contributed by atoms with E-state index in [1.807, 2.05) is 24.3 Å². The van der Waals surface area contributed by atoms with Crippen LogP contribution in [0.3, 0.4) is 0 Å². The normalized spacial score (nSPS) is 14.1. The average molecular weight is 314 g/mol. The van der Waals surface area contributed by atoms with Gasteiger partial charge in [0.15, 0.2) is 0 Å². The molecule has 1 aromatic rings. The molecular weight excluding hydrogens is 286 g/mol. The molecule has 0 aromatic heterocycles. The van der Waals surface area contributed by atoms with Crippen LogP contribution in [0.4, 0.5) is 0 Å². The van der Waals surface area contributed by atoms with E-state index in [1.54, 1.807) is 0 Å². The first-order valence-corrected chi connectivity index (χ1v) is 8.26. The maximum absolute atomic E-state index is 9.89. The van der Waals surface area contributed by atoms with Gasteiger partial charge in [0, 0.05) is 24.2 Å². The molecule has 0 radical (unpaired) electrons. The molecule has 120 valence electrons. The molecule has 0 amide bonds. The molecule has 0 aliphatic rings. The molecule has 0 aliphatic carbocycles. The summed E-state index contributed by atoms with van der Waals surface area (Å²) in [6.45, 7) is 5.90. The lowest BCUT2D eigenvalue weighted by Crippen LogP contribution is -2.32. The summed E-state index contributed by atoms with van der Waals surface area (Å²) in [5, 5.41) is 13.9. The van der Waals surface area contributed by atoms with Crippen LogP contribution in [-0.4, -0.2) is 31.0 Å². The van der Waals surface area contributed by atoms with Crippen molar-refractivity contribution in [3.05, 3.63) is 34.9 Å². The van der Waals surface area contributed by atoms with Crippen molar-refractivity contribution in [2.24, 2.45) is 0 Å². The highest BCUT2D eigenvalue weighted by Crippen LogP contribution is 2.17. The quantitative estimate of drug-likeness (QED) is 0.608. The van der Waals surface area contributed by atoms with Gasteiger partial charge in [-0.25, -0.2) is 0 Å². The largest absolute Gasteiger partial charge is 0.389 e. The van der Waals surface area contributed by atoms with Crippen LogP contribution in [0.5, 0.6) is 0 Å². The number of hydrogen-bond acceptors (Lipinski definition) is 3. The van der Waals surface area contributed by atoms with Crippen molar-refractivity contribution < 1.29 is 9.84 Å². The molecule has 0 bridgehead atoms. The van der Waals surface area contributed by atoms with Gasteiger partial charge < -0.3 is 15.2 Å². The fourth-order valence-corrected chi connectivity index (χ4v) is 2.31. The van der Waals surface area contributed by atoms with Crippen molar-refractivity contribution in [2.45, 2.75) is 51.7 Å². The van der Waals surface area contributed by atoms with Crippen LogP contribution in [-0.2, 0) is 4.74 Å². The summed E-state index contributed by atoms with van der Waals surface area (Å²) in [6, 6.07) is 7.92. The summed E-state index contributed by atoms with van der Waals surface area (Å²) in [5.41, 5.74) is 1.12. The first-order chi connectivity index (χ1) is 10.1. The number of unbranched alkanes of at least 4 members (excludes halogenated alkanes) is 3. The van der Waals surface area contributed by atoms with Crippen molar-refractivity contribution in [1.82, 2.24) is 5.32 Å². The van der Waals surface area contributed by atoms with Gasteiger partial charge in [-0.15, -0.1) is 0 Å². The number of benzene rings is 1. The zero-order valence-electron chi connectivity index (χ0n) is 13.1. The van der Waals surface area contributed by atoms with Crippen LogP contribution < -0.4 is 5.32 Å². The van der Waals surface area contributed by atoms with Crippen LogP contribution in [0.15, 0.2) is 24.3 Å². The predicted octanol–water partition coefficient (Wildman–Crippen LogP) is 3.95. The van der Waals surface area contributed by atoms with E-state index in [0.29, 0.717) is 13.2 Å². The van der Waals surface area contributed by atoms with Gasteiger partial charge in [0.05, 0.1) is 12.7 Å². The Labute approximate surface area is 133 Å². The fraction of sp³-hybridized carbons (Fsp3) is 0.647. The first kappa shape index (κ1) is 18.4. The molecule has 0 heterocycles. The standard InChI is InChI=1S/C17H28ClNO2/c1-3-4-5-6-10-21-13-17(20)12-19-14(2)15-8-7-9-16(18)11-15/h7-9,11,14,17,19-20H,3-6,10,12-13H2,1-2H3. The number of hydrogen-bond donors (Lipinski definition) is 2. The number of nitrogens with one attached hydrogen (secondary N) is 1. The van der Waals surface area contributed by atoms with Gasteiger partial charge in [0.1, 0.15) is 0 Å². The van der Waals surface area contributed by atoms with E-state index in [-0.39, 0.29) is 6.04 Å². The smallest absolute Gasteiger partial charge is 0.0897 e. The lowest BCUT2D eigenvalue weighted by Gasteiger charge is -2.18. The summed E-state index contributed by atoms with van der Waals surface area (Å²) < 4.78 is 5.49. The second-order valence-corrected chi connectivity index (χ2v) is 5.91. The van der Waals surface area contributed by atoms with Crippen LogP contribution in [0.25, 0.3) is 0 Å². The van der Waals surface area contributed by atoms with Crippen molar-refractivity contribution in [2.75, 3.05) is 19.8 Å². The second-order valence-electron chi connectivity index (χ2n) is 5.47. The van der Waals surface area contributed by atoms with E-state index < -0.39 is 6.10 Å². The molecule has 2 N–H and O–H groups in total. The number of halogens is 1. The Morgan fingerprint density at radius 1 is 1.29 bits per heavy atom. The summed E-state index contributed by atoms with van der Waals surface area (Å²) in [4.78, 5) is 0. The van der Waals surface area contributed by atoms with Gasteiger partial charge in [-0.05, 0) is 31.0 Å². The fourth-order valence-electron chi connectivity index (χ4n) is 2.12. The second kappa shape index (κ2) is 11.0. The van der Waals surface area contributed by atoms with Gasteiger partial charge in [0.2, 0.25) is 0 Å². The first-order valence-electron chi connectivity index (χ1n) is 7.88. The SMILES string of the molecule is CCCCCCOCC(O)CNC(C)c1cccc(Cl)c1. The van der Waals surface area contributed by atoms with Gasteiger partial charge in [-0.3, -0.25) is 0 Å². The molecule has 0 spiro atoms. The van der Waals surface area contributed by atoms with Gasteiger partial charge in [-0.2, -0.15) is 0 Å². The molecule has 0 saturated carbocycles. The number of rotatable bonds is 11. The maximum Gasteiger partial charge on any atom is 0.0897 e. The Balaban J connectivity index is 2.13. The molecule has 0 fully saturated rings. The lowest BCUT2D eigenvalue weighted by atomic mass is 10.1. The highest BCUT2D eigenvalue weighted by atomic mass is 35.5. The van der Waals surface area contributed by atoms with Gasteiger partial charge in [0.25, 0.3) is 0 Å². The van der Waals surface area contributed by atoms with Crippen LogP contribution in [0.2, 0.25) is 5.02 Å². The van der Waals surface area contributed by atoms with Crippen molar-refractivity contribution >= 4 is 11.6 Å². The van der Waals surface area contributed by atoms with Gasteiger partial charge in [-0.1, -0.05) is 49.9 Å². The topological polar surface area (TPSA) is 41.5 Å². The van der Waals surface area contributed by atoms with E-state index >= 15 is 0 Å². The predicted molar refractivity (Wildman–Crippen MR) is 88.8 cm³/mol. The van der Waals surface area contributed by atoms with E-state index in [2.05, 4.69) is 19.2 Å². The van der Waals surface area contributed by atoms with E-state index in [9.17, 15) is 5.11 Å². The highest BCUT2D eigenvalue weighted by molar-refractivity contribution is 6.30. The number of ether oxygens (including phenoxy) is 1. The summed E-state index contributed by atoms with van der Waals surface area (Å²) in [7, 11) is 0. The minimum atomic E-state index is -0.474. The Morgan fingerprint density at radius 2 is 2.10 bits per heavy atom. The van der Waals surface area contributed by atoms with E-state index in [1.165, 1.54) is 19.3 Å². The maximum atomic E-state index is 9.89. The third kappa shape index (κ3) is 8.42. The average Bonchev–Trinajstić information content (AvgIpc) is 2.48. The minimum Gasteiger partial charge on any atom is -0.389 e. The number of aliphatic hydroxyl groups is 1. The summed E-state index contributed by atoms with van der Waals surface area (Å²) >= 11 is 5.98. The van der Waals surface area contributed by atoms with Crippen LogP contribution >= 0.6 is 11.6 Å². The molecular formula is C17H28ClNO2. The molecule has 0 saturated heterocycles. The monoisotopic (exact) mass is 313 g/mol. The Morgan fingerprint density at radius 3 is 2.81 bits per heavy atom. The molecule has 4 heteroatoms. The third-order valence-corrected chi connectivity index (χ3v) is 3.70. The molecule has 2 atom stereocenters. The van der Waals surface area contributed by atoms with E-state index in [0.717, 1.165) is 23.6 Å². The lowest BCUT2D eigenvalue weighted by molar-refractivity contribution is 0.0343. The molecule has 3 nitrogen and oxygen atoms in total. The van der Waals surface area contributed by atoms with Crippen molar-refractivity contribution in [1.29, 1.82) is 0 Å². The Kier molecular flexibility index (Phi) is 9.68. The zero-order valence-corrected chi connectivity index (χ0v) is 13.9. The molecule has 0 aliphatic heterocycles. The molecule has 1 rings (SSSR count). The molecule has 1 aromatic carbocycles. The van der Waals surface area contributed by atoms with Gasteiger partial charge >= 0.3 is 0 Å². The highest BCUT2D eigenvalue weighted by Gasteiger charge is 2.09. The zero-order chi connectivity index (χ0) is 15.5. The summed E-state index contributed by atoms with van der Waals surface area (Å²) in [5.74, 6) is 0. The Hall–Kier alpha value is -0.610. The van der Waals surface area contributed by atoms with Crippen molar-refractivity contribution in [3.63, 3.8) is 0 Å². The molecule has 21 heavy (non-hydrogen) atoms. The number of aliphatic hydroxyl groups excluding tert-OH is 1. The third-order valence-electron chi connectivity index (χ3n) is 3.46. The van der Waals surface area contributed by atoms with Crippen LogP contribution in [0, 0.1) is 0 Å². The van der Waals surface area contributed by atoms with E-state index in [4.69, 9.17) is 16.3 Å². The van der Waals surface area contributed by atoms with Crippen LogP contribution in [0.1, 0.15) is 51.1 Å². The summed E-state index contributed by atoms with van der Waals surface area (Å²) in [6.07, 6.45) is 4.29. The van der Waals surface area contributed by atoms with Crippen molar-refractivity contribution in [3.8, 4) is 0 Å².